The summed E-state index contributed by atoms with van der Waals surface area (Å²) in [5, 5.41) is 20.2. The van der Waals surface area contributed by atoms with Crippen LogP contribution in [0.1, 0.15) is 37.9 Å². The standard InChI is InChI=1S/C19H24N4O/c1-22-17-10-6-5-9-16(17)21-19(22)15(13-20)18(24)14-23-11-7-3-2-4-8-12-23/h5-6,9-10,24H,2-4,7-8,11-12,14H2,1H3/p+1/b18-15-. The van der Waals surface area contributed by atoms with Gasteiger partial charge in [-0.2, -0.15) is 5.26 Å². The van der Waals surface area contributed by atoms with Gasteiger partial charge in [-0.15, -0.1) is 0 Å². The fraction of sp³-hybridized carbons (Fsp3) is 0.474. The minimum Gasteiger partial charge on any atom is -0.506 e. The Kier molecular flexibility index (Phi) is 5.17. The SMILES string of the molecule is Cn1c(/C(C#N)=C(\O)C[NH+]2CCCCCCC2)nc2ccccc21. The fourth-order valence-electron chi connectivity index (χ4n) is 3.52. The molecule has 1 fully saturated rings. The predicted molar refractivity (Wildman–Crippen MR) is 94.5 cm³/mol. The lowest BCUT2D eigenvalue weighted by Crippen LogP contribution is -3.12. The van der Waals surface area contributed by atoms with Gasteiger partial charge in [0.15, 0.2) is 11.6 Å². The number of hydrogen-bond acceptors (Lipinski definition) is 3. The summed E-state index contributed by atoms with van der Waals surface area (Å²) in [6.45, 7) is 2.63. The minimum atomic E-state index is 0.159. The summed E-state index contributed by atoms with van der Waals surface area (Å²) in [5.41, 5.74) is 2.10. The molecule has 1 aromatic heterocycles. The molecule has 0 unspecified atom stereocenters. The van der Waals surface area contributed by atoms with Crippen LogP contribution in [0.15, 0.2) is 30.0 Å². The van der Waals surface area contributed by atoms with Crippen molar-refractivity contribution < 1.29 is 10.0 Å². The van der Waals surface area contributed by atoms with Crippen molar-refractivity contribution in [1.29, 1.82) is 5.26 Å². The average molecular weight is 325 g/mol. The number of quaternary nitrogens is 1. The third-order valence-corrected chi connectivity index (χ3v) is 4.89. The summed E-state index contributed by atoms with van der Waals surface area (Å²) in [4.78, 5) is 5.90. The van der Waals surface area contributed by atoms with Crippen molar-refractivity contribution in [3.8, 4) is 6.07 Å². The second-order valence-electron chi connectivity index (χ2n) is 6.61. The van der Waals surface area contributed by atoms with Crippen LogP contribution < -0.4 is 4.90 Å². The van der Waals surface area contributed by atoms with Crippen molar-refractivity contribution in [2.75, 3.05) is 19.6 Å². The van der Waals surface area contributed by atoms with Crippen molar-refractivity contribution in [2.45, 2.75) is 32.1 Å². The van der Waals surface area contributed by atoms with Crippen LogP contribution in [0.5, 0.6) is 0 Å². The van der Waals surface area contributed by atoms with E-state index in [1.807, 2.05) is 35.9 Å². The van der Waals surface area contributed by atoms with Gasteiger partial charge in [0.05, 0.1) is 24.1 Å². The third kappa shape index (κ3) is 3.44. The number of fused-ring (bicyclic) bond motifs is 1. The van der Waals surface area contributed by atoms with E-state index >= 15 is 0 Å². The Hall–Kier alpha value is -2.32. The molecule has 2 N–H and O–H groups in total. The van der Waals surface area contributed by atoms with E-state index in [1.54, 1.807) is 0 Å². The molecular weight excluding hydrogens is 300 g/mol. The van der Waals surface area contributed by atoms with Crippen LogP contribution in [0.3, 0.4) is 0 Å². The first kappa shape index (κ1) is 16.5. The molecule has 1 saturated heterocycles. The Bertz CT molecular complexity index is 776. The van der Waals surface area contributed by atoms with E-state index in [0.717, 1.165) is 24.1 Å². The maximum absolute atomic E-state index is 10.6. The lowest BCUT2D eigenvalue weighted by Gasteiger charge is -2.21. The summed E-state index contributed by atoms with van der Waals surface area (Å²) in [5.74, 6) is 0.703. The quantitative estimate of drug-likeness (QED) is 0.672. The lowest BCUT2D eigenvalue weighted by atomic mass is 10.1. The number of nitrogens with one attached hydrogen (secondary N) is 1. The molecule has 1 aliphatic heterocycles. The van der Waals surface area contributed by atoms with Crippen molar-refractivity contribution in [3.63, 3.8) is 0 Å². The van der Waals surface area contributed by atoms with E-state index in [0.29, 0.717) is 17.9 Å². The summed E-state index contributed by atoms with van der Waals surface area (Å²) in [6, 6.07) is 9.95. The Balaban J connectivity index is 1.88. The third-order valence-electron chi connectivity index (χ3n) is 4.89. The van der Waals surface area contributed by atoms with Crippen LogP contribution in [-0.2, 0) is 7.05 Å². The van der Waals surface area contributed by atoms with Gasteiger partial charge in [0.2, 0.25) is 0 Å². The van der Waals surface area contributed by atoms with Crippen molar-refractivity contribution in [1.82, 2.24) is 9.55 Å². The van der Waals surface area contributed by atoms with Crippen LogP contribution in [0.25, 0.3) is 16.6 Å². The molecule has 1 aliphatic rings. The van der Waals surface area contributed by atoms with Crippen molar-refractivity contribution in [3.05, 3.63) is 35.8 Å². The van der Waals surface area contributed by atoms with Gasteiger partial charge in [-0.25, -0.2) is 4.98 Å². The Morgan fingerprint density at radius 2 is 1.88 bits per heavy atom. The molecule has 0 saturated carbocycles. The fourth-order valence-corrected chi connectivity index (χ4v) is 3.52. The lowest BCUT2D eigenvalue weighted by molar-refractivity contribution is -0.897. The average Bonchev–Trinajstić information content (AvgIpc) is 2.88. The topological polar surface area (TPSA) is 66.3 Å². The molecule has 0 amide bonds. The molecule has 0 atom stereocenters. The second kappa shape index (κ2) is 7.50. The first-order valence-electron chi connectivity index (χ1n) is 8.78. The van der Waals surface area contributed by atoms with E-state index in [2.05, 4.69) is 11.1 Å². The molecule has 24 heavy (non-hydrogen) atoms. The molecule has 5 nitrogen and oxygen atoms in total. The van der Waals surface area contributed by atoms with Gasteiger partial charge in [0.1, 0.15) is 18.2 Å². The van der Waals surface area contributed by atoms with Gasteiger partial charge in [-0.05, 0) is 37.8 Å². The van der Waals surface area contributed by atoms with Gasteiger partial charge in [-0.1, -0.05) is 18.6 Å². The molecule has 1 aromatic carbocycles. The maximum Gasteiger partial charge on any atom is 0.169 e. The highest BCUT2D eigenvalue weighted by atomic mass is 16.3. The Morgan fingerprint density at radius 3 is 2.54 bits per heavy atom. The Labute approximate surface area is 142 Å². The monoisotopic (exact) mass is 325 g/mol. The number of allylic oxidation sites excluding steroid dienone is 1. The van der Waals surface area contributed by atoms with Crippen LogP contribution in [0.4, 0.5) is 0 Å². The molecule has 2 aromatic rings. The molecule has 3 rings (SSSR count). The minimum absolute atomic E-state index is 0.159. The first-order chi connectivity index (χ1) is 11.7. The normalized spacial score (nSPS) is 17.8. The number of aromatic nitrogens is 2. The molecular formula is C19H25N4O+. The molecule has 126 valence electrons. The van der Waals surface area contributed by atoms with Crippen LogP contribution >= 0.6 is 0 Å². The largest absolute Gasteiger partial charge is 0.506 e. The van der Waals surface area contributed by atoms with Gasteiger partial charge in [-0.3, -0.25) is 0 Å². The van der Waals surface area contributed by atoms with Crippen molar-refractivity contribution in [2.24, 2.45) is 7.05 Å². The van der Waals surface area contributed by atoms with E-state index in [-0.39, 0.29) is 5.76 Å². The van der Waals surface area contributed by atoms with Crippen molar-refractivity contribution >= 4 is 16.6 Å². The summed E-state index contributed by atoms with van der Waals surface area (Å²) >= 11 is 0. The van der Waals surface area contributed by atoms with Gasteiger partial charge in [0, 0.05) is 7.05 Å². The number of aryl methyl sites for hydroxylation is 1. The van der Waals surface area contributed by atoms with Gasteiger partial charge >= 0.3 is 0 Å². The summed E-state index contributed by atoms with van der Waals surface area (Å²) in [7, 11) is 1.89. The second-order valence-corrected chi connectivity index (χ2v) is 6.61. The Morgan fingerprint density at radius 1 is 1.21 bits per heavy atom. The highest BCUT2D eigenvalue weighted by molar-refractivity contribution is 5.83. The zero-order chi connectivity index (χ0) is 16.9. The zero-order valence-corrected chi connectivity index (χ0v) is 14.3. The number of likely N-dealkylation sites (tertiary alicyclic amines) is 1. The molecule has 0 radical (unpaired) electrons. The molecule has 5 heteroatoms. The maximum atomic E-state index is 10.6. The number of benzene rings is 1. The van der Waals surface area contributed by atoms with Gasteiger partial charge < -0.3 is 14.6 Å². The van der Waals surface area contributed by atoms with E-state index in [9.17, 15) is 10.4 Å². The number of rotatable bonds is 3. The van der Waals surface area contributed by atoms with Crippen LogP contribution in [0.2, 0.25) is 0 Å². The molecule has 0 spiro atoms. The number of imidazole rings is 1. The molecule has 0 bridgehead atoms. The number of nitriles is 1. The summed E-state index contributed by atoms with van der Waals surface area (Å²) in [6.07, 6.45) is 6.24. The number of hydrogen-bond donors (Lipinski definition) is 2. The molecule has 2 heterocycles. The highest BCUT2D eigenvalue weighted by Crippen LogP contribution is 2.21. The smallest absolute Gasteiger partial charge is 0.169 e. The van der Waals surface area contributed by atoms with E-state index in [4.69, 9.17) is 0 Å². The molecule has 0 aliphatic carbocycles. The van der Waals surface area contributed by atoms with Crippen LogP contribution in [0, 0.1) is 11.3 Å². The predicted octanol–water partition coefficient (Wildman–Crippen LogP) is 2.21. The number of aliphatic hydroxyl groups is 1. The number of aliphatic hydroxyl groups excluding tert-OH is 1. The van der Waals surface area contributed by atoms with E-state index in [1.165, 1.54) is 37.0 Å². The highest BCUT2D eigenvalue weighted by Gasteiger charge is 2.20. The van der Waals surface area contributed by atoms with Crippen LogP contribution in [-0.4, -0.2) is 34.3 Å². The zero-order valence-electron chi connectivity index (χ0n) is 14.3. The summed E-state index contributed by atoms with van der Waals surface area (Å²) < 4.78 is 1.88. The number of nitrogens with zero attached hydrogens (tertiary/aromatic N) is 3. The number of para-hydroxylation sites is 2. The first-order valence-corrected chi connectivity index (χ1v) is 8.78. The van der Waals surface area contributed by atoms with Gasteiger partial charge in [0.25, 0.3) is 0 Å². The van der Waals surface area contributed by atoms with E-state index < -0.39 is 0 Å².